The molecule has 0 radical (unpaired) electrons. The fourth-order valence-electron chi connectivity index (χ4n) is 10.1. The number of ether oxygens (including phenoxy) is 2. The molecule has 0 aromatic carbocycles. The Balaban J connectivity index is 1.28. The molecule has 1 amide bonds. The van der Waals surface area contributed by atoms with Crippen molar-refractivity contribution < 1.29 is 14.3 Å². The molecule has 3 unspecified atom stereocenters. The molecule has 4 aliphatic carbocycles. The van der Waals surface area contributed by atoms with Crippen LogP contribution in [-0.4, -0.2) is 30.9 Å². The highest BCUT2D eigenvalue weighted by Gasteiger charge is 2.59. The minimum atomic E-state index is -0.260. The number of alkyl carbamates (subject to hydrolysis) is 1. The molecule has 4 heteroatoms. The van der Waals surface area contributed by atoms with E-state index >= 15 is 0 Å². The van der Waals surface area contributed by atoms with Gasteiger partial charge in [0, 0.05) is 19.6 Å². The van der Waals surface area contributed by atoms with Crippen LogP contribution in [0.4, 0.5) is 4.79 Å². The summed E-state index contributed by atoms with van der Waals surface area (Å²) in [6, 6.07) is 0. The summed E-state index contributed by atoms with van der Waals surface area (Å²) in [7, 11) is 0. The summed E-state index contributed by atoms with van der Waals surface area (Å²) in [5.74, 6) is 5.78. The van der Waals surface area contributed by atoms with Crippen molar-refractivity contribution in [2.24, 2.45) is 52.3 Å². The third kappa shape index (κ3) is 7.78. The third-order valence-corrected chi connectivity index (χ3v) is 12.7. The average Bonchev–Trinajstić information content (AvgIpc) is 3.25. The Morgan fingerprint density at radius 1 is 0.976 bits per heavy atom. The maximum atomic E-state index is 12.7. The Morgan fingerprint density at radius 3 is 2.43 bits per heavy atom. The minimum absolute atomic E-state index is 0.00702. The summed E-state index contributed by atoms with van der Waals surface area (Å²) >= 11 is 0. The number of allylic oxidation sites excluding steroid dienone is 1. The first-order valence-electron chi connectivity index (χ1n) is 18.0. The maximum absolute atomic E-state index is 12.7. The van der Waals surface area contributed by atoms with E-state index in [-0.39, 0.29) is 17.8 Å². The highest BCUT2D eigenvalue weighted by atomic mass is 16.6. The van der Waals surface area contributed by atoms with Crippen molar-refractivity contribution in [1.82, 2.24) is 5.32 Å². The summed E-state index contributed by atoms with van der Waals surface area (Å²) in [6.45, 7) is 22.6. The standard InChI is InChI=1S/C38H67NO3/c1-26(2)11-10-12-28(5)32-15-16-33-31-14-13-29-25-30(17-20-37(29,8)34(31)18-21-38(32,33)9)42-35(40)39-23-22-36(6,7)41-24-19-27(3)4/h13,26-28,30-34H,10-12,14-25H2,1-9H3,(H,39,40)/t28-,30+,31?,32-,33?,34?,37+,38-/m1/s1. The number of amides is 1. The van der Waals surface area contributed by atoms with Crippen LogP contribution in [0.1, 0.15) is 146 Å². The normalized spacial score (nSPS) is 35.3. The molecule has 0 aromatic rings. The van der Waals surface area contributed by atoms with Crippen molar-refractivity contribution in [3.05, 3.63) is 11.6 Å². The van der Waals surface area contributed by atoms with Crippen molar-refractivity contribution in [1.29, 1.82) is 0 Å². The Morgan fingerprint density at radius 2 is 1.71 bits per heavy atom. The second kappa shape index (κ2) is 13.9. The van der Waals surface area contributed by atoms with Gasteiger partial charge in [-0.3, -0.25) is 0 Å². The first-order chi connectivity index (χ1) is 19.7. The van der Waals surface area contributed by atoms with E-state index in [0.29, 0.717) is 23.3 Å². The predicted octanol–water partition coefficient (Wildman–Crippen LogP) is 10.4. The van der Waals surface area contributed by atoms with Crippen molar-refractivity contribution in [3.8, 4) is 0 Å². The van der Waals surface area contributed by atoms with Gasteiger partial charge in [0.05, 0.1) is 5.60 Å². The molecule has 0 bridgehead atoms. The SMILES string of the molecule is CC(C)CCC[C@@H](C)[C@H]1CCC2C3CC=C4C[C@@H](OC(=O)NCCC(C)(C)OCCC(C)C)CC[C@]4(C)C3CC[C@@]21C. The molecular weight excluding hydrogens is 518 g/mol. The van der Waals surface area contributed by atoms with Gasteiger partial charge < -0.3 is 14.8 Å². The maximum Gasteiger partial charge on any atom is 0.407 e. The second-order valence-corrected chi connectivity index (χ2v) is 17.0. The van der Waals surface area contributed by atoms with E-state index in [2.05, 4.69) is 73.7 Å². The van der Waals surface area contributed by atoms with Crippen LogP contribution in [0.3, 0.4) is 0 Å². The first kappa shape index (κ1) is 33.9. The summed E-state index contributed by atoms with van der Waals surface area (Å²) in [4.78, 5) is 12.7. The largest absolute Gasteiger partial charge is 0.446 e. The second-order valence-electron chi connectivity index (χ2n) is 17.0. The van der Waals surface area contributed by atoms with Crippen molar-refractivity contribution in [3.63, 3.8) is 0 Å². The zero-order valence-corrected chi connectivity index (χ0v) is 29.0. The van der Waals surface area contributed by atoms with Gasteiger partial charge >= 0.3 is 6.09 Å². The van der Waals surface area contributed by atoms with E-state index in [0.717, 1.165) is 74.2 Å². The van der Waals surface area contributed by atoms with Gasteiger partial charge in [0.15, 0.2) is 0 Å². The zero-order valence-electron chi connectivity index (χ0n) is 29.0. The molecule has 4 aliphatic rings. The number of carbonyl (C=O) groups is 1. The van der Waals surface area contributed by atoms with Crippen molar-refractivity contribution >= 4 is 6.09 Å². The Kier molecular flexibility index (Phi) is 11.2. The number of nitrogens with one attached hydrogen (secondary N) is 1. The molecule has 42 heavy (non-hydrogen) atoms. The zero-order chi connectivity index (χ0) is 30.7. The number of carbonyl (C=O) groups excluding carboxylic acids is 1. The fourth-order valence-corrected chi connectivity index (χ4v) is 10.1. The molecule has 0 heterocycles. The minimum Gasteiger partial charge on any atom is -0.446 e. The number of fused-ring (bicyclic) bond motifs is 5. The van der Waals surface area contributed by atoms with Crippen LogP contribution in [0.5, 0.6) is 0 Å². The molecule has 8 atom stereocenters. The summed E-state index contributed by atoms with van der Waals surface area (Å²) in [5.41, 5.74) is 2.18. The molecule has 242 valence electrons. The lowest BCUT2D eigenvalue weighted by Gasteiger charge is -2.58. The first-order valence-corrected chi connectivity index (χ1v) is 18.0. The molecule has 0 saturated heterocycles. The van der Waals surface area contributed by atoms with Gasteiger partial charge in [-0.2, -0.15) is 0 Å². The van der Waals surface area contributed by atoms with Gasteiger partial charge in [0.2, 0.25) is 0 Å². The van der Waals surface area contributed by atoms with Crippen LogP contribution < -0.4 is 5.32 Å². The Hall–Kier alpha value is -1.03. The molecule has 3 saturated carbocycles. The average molecular weight is 586 g/mol. The fraction of sp³-hybridized carbons (Fsp3) is 0.921. The highest BCUT2D eigenvalue weighted by molar-refractivity contribution is 5.67. The lowest BCUT2D eigenvalue weighted by Crippen LogP contribution is -2.51. The number of hydrogen-bond donors (Lipinski definition) is 1. The van der Waals surface area contributed by atoms with Crippen molar-refractivity contribution in [2.45, 2.75) is 157 Å². The van der Waals surface area contributed by atoms with E-state index in [1.807, 2.05) is 0 Å². The van der Waals surface area contributed by atoms with Crippen LogP contribution >= 0.6 is 0 Å². The lowest BCUT2D eigenvalue weighted by molar-refractivity contribution is -0.0582. The molecule has 0 aromatic heterocycles. The van der Waals surface area contributed by atoms with Crippen molar-refractivity contribution in [2.75, 3.05) is 13.2 Å². The highest BCUT2D eigenvalue weighted by Crippen LogP contribution is 2.67. The van der Waals surface area contributed by atoms with E-state index in [4.69, 9.17) is 9.47 Å². The summed E-state index contributed by atoms with van der Waals surface area (Å²) in [6.07, 6.45) is 18.4. The quantitative estimate of drug-likeness (QED) is 0.219. The number of rotatable bonds is 13. The van der Waals surface area contributed by atoms with E-state index in [1.165, 1.54) is 51.4 Å². The molecule has 0 spiro atoms. The molecule has 1 N–H and O–H groups in total. The Bertz CT molecular complexity index is 923. The third-order valence-electron chi connectivity index (χ3n) is 12.7. The van der Waals surface area contributed by atoms with Crippen LogP contribution in [-0.2, 0) is 9.47 Å². The van der Waals surface area contributed by atoms with E-state index in [9.17, 15) is 4.79 Å². The summed E-state index contributed by atoms with van der Waals surface area (Å²) in [5, 5.41) is 3.01. The Labute approximate surface area is 259 Å². The smallest absolute Gasteiger partial charge is 0.407 e. The van der Waals surface area contributed by atoms with Gasteiger partial charge in [-0.15, -0.1) is 0 Å². The van der Waals surface area contributed by atoms with Gasteiger partial charge in [-0.25, -0.2) is 4.79 Å². The molecule has 3 fully saturated rings. The monoisotopic (exact) mass is 586 g/mol. The van der Waals surface area contributed by atoms with Crippen LogP contribution in [0.15, 0.2) is 11.6 Å². The molecule has 4 rings (SSSR count). The molecule has 0 aliphatic heterocycles. The molecule has 4 nitrogen and oxygen atoms in total. The van der Waals surface area contributed by atoms with Crippen LogP contribution in [0.2, 0.25) is 0 Å². The van der Waals surface area contributed by atoms with E-state index < -0.39 is 0 Å². The van der Waals surface area contributed by atoms with Gasteiger partial charge in [-0.1, -0.05) is 79.4 Å². The van der Waals surface area contributed by atoms with Gasteiger partial charge in [-0.05, 0) is 124 Å². The lowest BCUT2D eigenvalue weighted by atomic mass is 9.47. The summed E-state index contributed by atoms with van der Waals surface area (Å²) < 4.78 is 12.0. The van der Waals surface area contributed by atoms with Gasteiger partial charge in [0.1, 0.15) is 6.10 Å². The van der Waals surface area contributed by atoms with Crippen LogP contribution in [0.25, 0.3) is 0 Å². The van der Waals surface area contributed by atoms with Gasteiger partial charge in [0.25, 0.3) is 0 Å². The number of hydrogen-bond acceptors (Lipinski definition) is 3. The van der Waals surface area contributed by atoms with E-state index in [1.54, 1.807) is 5.57 Å². The molecular formula is C38H67NO3. The van der Waals surface area contributed by atoms with Crippen LogP contribution in [0, 0.1) is 52.3 Å². The topological polar surface area (TPSA) is 47.6 Å². The predicted molar refractivity (Wildman–Crippen MR) is 175 cm³/mol.